The number of likely N-dealkylation sites (tertiary alicyclic amines) is 1. The largest absolute Gasteiger partial charge is 0.494 e. The van der Waals surface area contributed by atoms with Crippen molar-refractivity contribution in [2.24, 2.45) is 5.92 Å². The first-order valence-corrected chi connectivity index (χ1v) is 7.36. The molecule has 0 saturated carbocycles. The van der Waals surface area contributed by atoms with Crippen LogP contribution >= 0.6 is 11.6 Å². The lowest BCUT2D eigenvalue weighted by Gasteiger charge is -2.31. The van der Waals surface area contributed by atoms with Crippen LogP contribution in [0.1, 0.15) is 30.1 Å². The van der Waals surface area contributed by atoms with Crippen LogP contribution in [0.15, 0.2) is 24.3 Å². The zero-order chi connectivity index (χ0) is 13.7. The van der Waals surface area contributed by atoms with Gasteiger partial charge in [-0.1, -0.05) is 0 Å². The fourth-order valence-corrected chi connectivity index (χ4v) is 2.64. The van der Waals surface area contributed by atoms with Crippen LogP contribution in [0.25, 0.3) is 0 Å². The Kier molecular flexibility index (Phi) is 5.08. The van der Waals surface area contributed by atoms with Crippen LogP contribution in [0.5, 0.6) is 5.75 Å². The summed E-state index contributed by atoms with van der Waals surface area (Å²) in [7, 11) is 0. The van der Waals surface area contributed by atoms with Gasteiger partial charge in [-0.3, -0.25) is 4.79 Å². The molecule has 1 saturated heterocycles. The summed E-state index contributed by atoms with van der Waals surface area (Å²) in [4.78, 5) is 14.2. The van der Waals surface area contributed by atoms with Crippen molar-refractivity contribution in [3.63, 3.8) is 0 Å². The van der Waals surface area contributed by atoms with Crippen molar-refractivity contribution in [2.45, 2.75) is 19.8 Å². The minimum Gasteiger partial charge on any atom is -0.494 e. The van der Waals surface area contributed by atoms with Gasteiger partial charge in [0, 0.05) is 24.5 Å². The van der Waals surface area contributed by atoms with E-state index in [4.69, 9.17) is 16.3 Å². The molecule has 1 fully saturated rings. The van der Waals surface area contributed by atoms with Crippen LogP contribution in [0.4, 0.5) is 0 Å². The summed E-state index contributed by atoms with van der Waals surface area (Å²) < 4.78 is 5.38. The lowest BCUT2D eigenvalue weighted by atomic mass is 9.98. The minimum absolute atomic E-state index is 0.107. The number of piperidine rings is 1. The third kappa shape index (κ3) is 3.63. The normalized spacial score (nSPS) is 16.4. The highest BCUT2D eigenvalue weighted by Gasteiger charge is 2.22. The predicted octanol–water partition coefficient (Wildman–Crippen LogP) is 3.18. The average Bonchev–Trinajstić information content (AvgIpc) is 2.48. The van der Waals surface area contributed by atoms with Crippen LogP contribution in [0.2, 0.25) is 0 Å². The van der Waals surface area contributed by atoms with Crippen molar-refractivity contribution >= 4 is 17.5 Å². The number of rotatable bonds is 4. The van der Waals surface area contributed by atoms with E-state index >= 15 is 0 Å². The van der Waals surface area contributed by atoms with Crippen LogP contribution in [-0.4, -0.2) is 36.4 Å². The molecule has 0 spiro atoms. The summed E-state index contributed by atoms with van der Waals surface area (Å²) in [6, 6.07) is 7.37. The monoisotopic (exact) mass is 281 g/mol. The van der Waals surface area contributed by atoms with Crippen molar-refractivity contribution in [1.82, 2.24) is 4.90 Å². The maximum atomic E-state index is 12.3. The summed E-state index contributed by atoms with van der Waals surface area (Å²) in [5, 5.41) is 0. The molecule has 0 aromatic heterocycles. The van der Waals surface area contributed by atoms with Gasteiger partial charge < -0.3 is 9.64 Å². The Morgan fingerprint density at radius 1 is 1.32 bits per heavy atom. The SMILES string of the molecule is CCOc1ccc(C(=O)N2CCC(CCl)CC2)cc1. The van der Waals surface area contributed by atoms with E-state index in [1.807, 2.05) is 36.1 Å². The van der Waals surface area contributed by atoms with Gasteiger partial charge in [0.05, 0.1) is 6.61 Å². The van der Waals surface area contributed by atoms with Crippen molar-refractivity contribution < 1.29 is 9.53 Å². The van der Waals surface area contributed by atoms with Crippen LogP contribution in [0, 0.1) is 5.92 Å². The van der Waals surface area contributed by atoms with E-state index in [0.29, 0.717) is 18.4 Å². The van der Waals surface area contributed by atoms with E-state index in [9.17, 15) is 4.79 Å². The highest BCUT2D eigenvalue weighted by Crippen LogP contribution is 2.21. The number of hydrogen-bond donors (Lipinski definition) is 0. The Morgan fingerprint density at radius 3 is 2.47 bits per heavy atom. The smallest absolute Gasteiger partial charge is 0.253 e. The van der Waals surface area contributed by atoms with Gasteiger partial charge in [-0.25, -0.2) is 0 Å². The number of ether oxygens (including phenoxy) is 1. The quantitative estimate of drug-likeness (QED) is 0.794. The molecule has 0 bridgehead atoms. The van der Waals surface area contributed by atoms with Crippen LogP contribution < -0.4 is 4.74 Å². The van der Waals surface area contributed by atoms with Gasteiger partial charge in [0.2, 0.25) is 0 Å². The van der Waals surface area contributed by atoms with Gasteiger partial charge in [-0.2, -0.15) is 0 Å². The molecule has 2 rings (SSSR count). The molecular formula is C15H20ClNO2. The number of benzene rings is 1. The molecule has 1 aromatic rings. The molecule has 0 atom stereocenters. The molecule has 104 valence electrons. The van der Waals surface area contributed by atoms with E-state index in [-0.39, 0.29) is 5.91 Å². The predicted molar refractivity (Wildman–Crippen MR) is 77.0 cm³/mol. The molecule has 0 N–H and O–H groups in total. The maximum absolute atomic E-state index is 12.3. The first-order chi connectivity index (χ1) is 9.24. The summed E-state index contributed by atoms with van der Waals surface area (Å²) in [6.45, 7) is 4.20. The van der Waals surface area contributed by atoms with Crippen LogP contribution in [-0.2, 0) is 0 Å². The fourth-order valence-electron chi connectivity index (χ4n) is 2.33. The van der Waals surface area contributed by atoms with Gasteiger partial charge in [-0.05, 0) is 49.9 Å². The molecule has 0 aliphatic carbocycles. The maximum Gasteiger partial charge on any atom is 0.253 e. The lowest BCUT2D eigenvalue weighted by molar-refractivity contribution is 0.0698. The summed E-state index contributed by atoms with van der Waals surface area (Å²) in [6.07, 6.45) is 2.01. The number of halogens is 1. The first-order valence-electron chi connectivity index (χ1n) is 6.82. The van der Waals surface area contributed by atoms with E-state index in [2.05, 4.69) is 0 Å². The topological polar surface area (TPSA) is 29.5 Å². The van der Waals surface area contributed by atoms with Gasteiger partial charge in [0.15, 0.2) is 0 Å². The number of amides is 1. The Morgan fingerprint density at radius 2 is 1.95 bits per heavy atom. The molecule has 0 unspecified atom stereocenters. The van der Waals surface area contributed by atoms with Gasteiger partial charge in [0.1, 0.15) is 5.75 Å². The molecule has 1 aliphatic rings. The molecule has 3 nitrogen and oxygen atoms in total. The average molecular weight is 282 g/mol. The molecule has 1 aromatic carbocycles. The number of carbonyl (C=O) groups excluding carboxylic acids is 1. The van der Waals surface area contributed by atoms with Crippen LogP contribution in [0.3, 0.4) is 0 Å². The second-order valence-electron chi connectivity index (χ2n) is 4.85. The number of hydrogen-bond acceptors (Lipinski definition) is 2. The van der Waals surface area contributed by atoms with E-state index in [0.717, 1.165) is 37.2 Å². The zero-order valence-corrected chi connectivity index (χ0v) is 12.0. The lowest BCUT2D eigenvalue weighted by Crippen LogP contribution is -2.38. The molecule has 4 heteroatoms. The molecule has 1 aliphatic heterocycles. The van der Waals surface area contributed by atoms with Gasteiger partial charge in [-0.15, -0.1) is 11.6 Å². The summed E-state index contributed by atoms with van der Waals surface area (Å²) in [5.74, 6) is 2.17. The van der Waals surface area contributed by atoms with E-state index in [1.165, 1.54) is 0 Å². The molecule has 0 radical (unpaired) electrons. The molecule has 1 heterocycles. The van der Waals surface area contributed by atoms with E-state index in [1.54, 1.807) is 0 Å². The Hall–Kier alpha value is -1.22. The highest BCUT2D eigenvalue weighted by molar-refractivity contribution is 6.18. The zero-order valence-electron chi connectivity index (χ0n) is 11.3. The van der Waals surface area contributed by atoms with Crippen molar-refractivity contribution in [3.8, 4) is 5.75 Å². The Labute approximate surface area is 119 Å². The summed E-state index contributed by atoms with van der Waals surface area (Å²) in [5.41, 5.74) is 0.729. The van der Waals surface area contributed by atoms with Crippen molar-refractivity contribution in [3.05, 3.63) is 29.8 Å². The second kappa shape index (κ2) is 6.80. The second-order valence-corrected chi connectivity index (χ2v) is 5.16. The molecular weight excluding hydrogens is 262 g/mol. The minimum atomic E-state index is 0.107. The molecule has 19 heavy (non-hydrogen) atoms. The third-order valence-corrected chi connectivity index (χ3v) is 3.97. The highest BCUT2D eigenvalue weighted by atomic mass is 35.5. The van der Waals surface area contributed by atoms with Crippen molar-refractivity contribution in [2.75, 3.05) is 25.6 Å². The third-order valence-electron chi connectivity index (χ3n) is 3.53. The standard InChI is InChI=1S/C15H20ClNO2/c1-2-19-14-5-3-13(4-6-14)15(18)17-9-7-12(11-16)8-10-17/h3-6,12H,2,7-11H2,1H3. The summed E-state index contributed by atoms with van der Waals surface area (Å²) >= 11 is 5.85. The number of alkyl halides is 1. The molecule has 1 amide bonds. The van der Waals surface area contributed by atoms with Gasteiger partial charge in [0.25, 0.3) is 5.91 Å². The fraction of sp³-hybridized carbons (Fsp3) is 0.533. The number of carbonyl (C=O) groups is 1. The Bertz CT molecular complexity index is 411. The van der Waals surface area contributed by atoms with E-state index < -0.39 is 0 Å². The first kappa shape index (κ1) is 14.2. The van der Waals surface area contributed by atoms with Crippen molar-refractivity contribution in [1.29, 1.82) is 0 Å². The number of nitrogens with zero attached hydrogens (tertiary/aromatic N) is 1. The Balaban J connectivity index is 1.96. The van der Waals surface area contributed by atoms with Gasteiger partial charge >= 0.3 is 0 Å².